The summed E-state index contributed by atoms with van der Waals surface area (Å²) in [6, 6.07) is 7.82. The summed E-state index contributed by atoms with van der Waals surface area (Å²) in [7, 11) is 1.63. The first-order chi connectivity index (χ1) is 15.3. The van der Waals surface area contributed by atoms with Crippen LogP contribution < -0.4 is 10.3 Å². The van der Waals surface area contributed by atoms with Crippen molar-refractivity contribution in [1.29, 1.82) is 0 Å². The smallest absolute Gasteiger partial charge is 0.260 e. The van der Waals surface area contributed by atoms with E-state index >= 15 is 0 Å². The molecule has 1 aromatic carbocycles. The van der Waals surface area contributed by atoms with Gasteiger partial charge >= 0.3 is 0 Å². The van der Waals surface area contributed by atoms with Gasteiger partial charge in [-0.1, -0.05) is 26.0 Å². The van der Waals surface area contributed by atoms with Crippen LogP contribution in [0.15, 0.2) is 34.4 Å². The fourth-order valence-electron chi connectivity index (χ4n) is 3.46. The molecule has 0 aliphatic rings. The van der Waals surface area contributed by atoms with Crippen LogP contribution in [0.3, 0.4) is 0 Å². The number of hydrogen-bond donors (Lipinski definition) is 2. The lowest BCUT2D eigenvalue weighted by Crippen LogP contribution is -2.39. The van der Waals surface area contributed by atoms with Crippen molar-refractivity contribution in [1.82, 2.24) is 14.9 Å². The molecule has 0 saturated carbocycles. The molecular formula is C24H33N3O4S. The van der Waals surface area contributed by atoms with Crippen LogP contribution in [0.2, 0.25) is 0 Å². The number of aromatic amines is 1. The van der Waals surface area contributed by atoms with E-state index in [9.17, 15) is 9.90 Å². The zero-order chi connectivity index (χ0) is 23.3. The van der Waals surface area contributed by atoms with Crippen LogP contribution in [0.1, 0.15) is 33.5 Å². The molecule has 0 saturated heterocycles. The molecule has 0 spiro atoms. The third-order valence-electron chi connectivity index (χ3n) is 5.18. The summed E-state index contributed by atoms with van der Waals surface area (Å²) in [4.78, 5) is 23.4. The van der Waals surface area contributed by atoms with Gasteiger partial charge in [-0.25, -0.2) is 4.98 Å². The molecule has 8 heteroatoms. The molecule has 174 valence electrons. The van der Waals surface area contributed by atoms with E-state index < -0.39 is 6.10 Å². The van der Waals surface area contributed by atoms with Gasteiger partial charge in [0.1, 0.15) is 16.4 Å². The van der Waals surface area contributed by atoms with Crippen molar-refractivity contribution >= 4 is 21.6 Å². The number of aromatic nitrogens is 2. The van der Waals surface area contributed by atoms with Gasteiger partial charge in [-0.3, -0.25) is 9.69 Å². The van der Waals surface area contributed by atoms with Gasteiger partial charge in [-0.15, -0.1) is 11.3 Å². The molecule has 2 N–H and O–H groups in total. The van der Waals surface area contributed by atoms with Crippen molar-refractivity contribution in [3.63, 3.8) is 0 Å². The van der Waals surface area contributed by atoms with Crippen molar-refractivity contribution < 1.29 is 14.6 Å². The number of fused-ring (bicyclic) bond motifs is 1. The fraction of sp³-hybridized carbons (Fsp3) is 0.500. The van der Waals surface area contributed by atoms with Crippen LogP contribution in [0.5, 0.6) is 5.75 Å². The molecule has 3 aromatic rings. The first-order valence-corrected chi connectivity index (χ1v) is 11.8. The maximum Gasteiger partial charge on any atom is 0.260 e. The van der Waals surface area contributed by atoms with Crippen LogP contribution in [0.4, 0.5) is 0 Å². The lowest BCUT2D eigenvalue weighted by molar-refractivity contribution is 0.00129. The SMILES string of the molecule is COc1ccc(-c2csc3nc(CN(C[C@H](O)COCC(C)C)C(C)C)[nH]c(=O)c23)cc1. The molecule has 1 atom stereocenters. The van der Waals surface area contributed by atoms with E-state index in [0.29, 0.717) is 48.3 Å². The van der Waals surface area contributed by atoms with E-state index in [2.05, 4.69) is 37.6 Å². The minimum absolute atomic E-state index is 0.151. The quantitative estimate of drug-likeness (QED) is 0.452. The van der Waals surface area contributed by atoms with Crippen molar-refractivity contribution in [2.24, 2.45) is 5.92 Å². The second-order valence-corrected chi connectivity index (χ2v) is 9.54. The number of H-pyrrole nitrogens is 1. The number of aliphatic hydroxyl groups is 1. The highest BCUT2D eigenvalue weighted by Gasteiger charge is 2.19. The molecule has 0 aliphatic carbocycles. The average Bonchev–Trinajstić information content (AvgIpc) is 3.17. The molecule has 0 radical (unpaired) electrons. The average molecular weight is 460 g/mol. The number of methoxy groups -OCH3 is 1. The lowest BCUT2D eigenvalue weighted by atomic mass is 10.1. The van der Waals surface area contributed by atoms with Gasteiger partial charge in [0, 0.05) is 30.1 Å². The largest absolute Gasteiger partial charge is 0.497 e. The normalized spacial score (nSPS) is 12.9. The van der Waals surface area contributed by atoms with Crippen molar-refractivity contribution in [3.05, 3.63) is 45.8 Å². The molecular weight excluding hydrogens is 426 g/mol. The summed E-state index contributed by atoms with van der Waals surface area (Å²) in [5.74, 6) is 1.79. The number of nitrogens with one attached hydrogen (secondary N) is 1. The Balaban J connectivity index is 1.77. The monoisotopic (exact) mass is 459 g/mol. The highest BCUT2D eigenvalue weighted by atomic mass is 32.1. The summed E-state index contributed by atoms with van der Waals surface area (Å²) in [5, 5.41) is 13.0. The third-order valence-corrected chi connectivity index (χ3v) is 6.06. The van der Waals surface area contributed by atoms with Crippen molar-refractivity contribution in [3.8, 4) is 16.9 Å². The number of thiophene rings is 1. The molecule has 2 aromatic heterocycles. The molecule has 0 fully saturated rings. The van der Waals surface area contributed by atoms with E-state index in [-0.39, 0.29) is 11.6 Å². The van der Waals surface area contributed by atoms with Gasteiger partial charge in [0.2, 0.25) is 0 Å². The third kappa shape index (κ3) is 6.16. The number of hydrogen-bond acceptors (Lipinski definition) is 7. The second-order valence-electron chi connectivity index (χ2n) is 8.68. The number of benzene rings is 1. The summed E-state index contributed by atoms with van der Waals surface area (Å²) < 4.78 is 10.8. The number of nitrogens with zero attached hydrogens (tertiary/aromatic N) is 2. The Morgan fingerprint density at radius 3 is 2.50 bits per heavy atom. The number of ether oxygens (including phenoxy) is 2. The Hall–Kier alpha value is -2.26. The van der Waals surface area contributed by atoms with Crippen molar-refractivity contribution in [2.75, 3.05) is 26.9 Å². The van der Waals surface area contributed by atoms with E-state index in [1.807, 2.05) is 29.6 Å². The highest BCUT2D eigenvalue weighted by Crippen LogP contribution is 2.31. The summed E-state index contributed by atoms with van der Waals surface area (Å²) in [5.41, 5.74) is 1.67. The highest BCUT2D eigenvalue weighted by molar-refractivity contribution is 7.17. The summed E-state index contributed by atoms with van der Waals surface area (Å²) in [6.45, 7) is 10.1. The van der Waals surface area contributed by atoms with E-state index in [1.165, 1.54) is 11.3 Å². The fourth-order valence-corrected chi connectivity index (χ4v) is 4.43. The summed E-state index contributed by atoms with van der Waals surface area (Å²) >= 11 is 1.46. The first kappa shape index (κ1) is 24.4. The van der Waals surface area contributed by atoms with Gasteiger partial charge in [-0.05, 0) is 37.5 Å². The van der Waals surface area contributed by atoms with E-state index in [0.717, 1.165) is 16.9 Å². The predicted molar refractivity (Wildman–Crippen MR) is 129 cm³/mol. The lowest BCUT2D eigenvalue weighted by Gasteiger charge is -2.28. The van der Waals surface area contributed by atoms with Crippen molar-refractivity contribution in [2.45, 2.75) is 46.4 Å². The van der Waals surface area contributed by atoms with E-state index in [4.69, 9.17) is 14.5 Å². The Kier molecular flexibility index (Phi) is 8.42. The van der Waals surface area contributed by atoms with Crippen LogP contribution in [0, 0.1) is 5.92 Å². The zero-order valence-electron chi connectivity index (χ0n) is 19.4. The van der Waals surface area contributed by atoms with Gasteiger partial charge in [0.25, 0.3) is 5.56 Å². The Bertz CT molecular complexity index is 1060. The molecule has 7 nitrogen and oxygen atoms in total. The van der Waals surface area contributed by atoms with Crippen LogP contribution >= 0.6 is 11.3 Å². The predicted octanol–water partition coefficient (Wildman–Crippen LogP) is 3.90. The summed E-state index contributed by atoms with van der Waals surface area (Å²) in [6.07, 6.45) is -0.602. The Morgan fingerprint density at radius 1 is 1.16 bits per heavy atom. The van der Waals surface area contributed by atoms with Crippen LogP contribution in [0.25, 0.3) is 21.3 Å². The molecule has 32 heavy (non-hydrogen) atoms. The molecule has 0 aliphatic heterocycles. The number of rotatable bonds is 11. The zero-order valence-corrected chi connectivity index (χ0v) is 20.2. The maximum absolute atomic E-state index is 13.0. The van der Waals surface area contributed by atoms with Gasteiger partial charge in [-0.2, -0.15) is 0 Å². The molecule has 0 bridgehead atoms. The minimum atomic E-state index is -0.602. The Morgan fingerprint density at radius 2 is 1.88 bits per heavy atom. The number of aliphatic hydroxyl groups excluding tert-OH is 1. The molecule has 0 amide bonds. The first-order valence-electron chi connectivity index (χ1n) is 10.9. The molecule has 3 rings (SSSR count). The maximum atomic E-state index is 13.0. The standard InChI is InChI=1S/C24H33N3O4S/c1-15(2)12-31-13-18(28)10-27(16(3)4)11-21-25-23(29)22-20(14-32-24(22)26-21)17-6-8-19(30-5)9-7-17/h6-9,14-16,18,28H,10-13H2,1-5H3,(H,25,26,29)/t18-/m0/s1. The van der Waals surface area contributed by atoms with Crippen LogP contribution in [-0.2, 0) is 11.3 Å². The van der Waals surface area contributed by atoms with Crippen LogP contribution in [-0.4, -0.2) is 59.0 Å². The Labute approximate surface area is 193 Å². The minimum Gasteiger partial charge on any atom is -0.497 e. The second kappa shape index (κ2) is 11.0. The van der Waals surface area contributed by atoms with Gasteiger partial charge < -0.3 is 19.6 Å². The van der Waals surface area contributed by atoms with Gasteiger partial charge in [0.15, 0.2) is 0 Å². The topological polar surface area (TPSA) is 87.7 Å². The molecule has 0 unspecified atom stereocenters. The van der Waals surface area contributed by atoms with Gasteiger partial charge in [0.05, 0.1) is 31.8 Å². The van der Waals surface area contributed by atoms with E-state index in [1.54, 1.807) is 7.11 Å². The molecule has 2 heterocycles.